The molecule has 1 rings (SSSR count). The standard InChI is InChI=1S/C8H9FO3S/c1-2-12-8(11)7(10)6-3-5(9)4-13-6/h3-4,7,10H,2H2,1H3. The summed E-state index contributed by atoms with van der Waals surface area (Å²) in [6.07, 6.45) is -1.37. The molecule has 0 saturated heterocycles. The average molecular weight is 204 g/mol. The van der Waals surface area contributed by atoms with E-state index >= 15 is 0 Å². The number of halogens is 1. The largest absolute Gasteiger partial charge is 0.464 e. The fraction of sp³-hybridized carbons (Fsp3) is 0.375. The van der Waals surface area contributed by atoms with Crippen LogP contribution in [-0.4, -0.2) is 17.7 Å². The molecule has 0 aliphatic rings. The molecular formula is C8H9FO3S. The quantitative estimate of drug-likeness (QED) is 0.758. The zero-order valence-electron chi connectivity index (χ0n) is 6.99. The van der Waals surface area contributed by atoms with Gasteiger partial charge in [0.2, 0.25) is 0 Å². The minimum Gasteiger partial charge on any atom is -0.464 e. The van der Waals surface area contributed by atoms with Gasteiger partial charge in [0.05, 0.1) is 6.61 Å². The zero-order chi connectivity index (χ0) is 9.84. The second-order valence-corrected chi connectivity index (χ2v) is 3.26. The molecule has 0 saturated carbocycles. The van der Waals surface area contributed by atoms with Gasteiger partial charge >= 0.3 is 5.97 Å². The van der Waals surface area contributed by atoms with Gasteiger partial charge in [-0.2, -0.15) is 0 Å². The van der Waals surface area contributed by atoms with Crippen molar-refractivity contribution in [3.05, 3.63) is 22.1 Å². The maximum atomic E-state index is 12.5. The highest BCUT2D eigenvalue weighted by molar-refractivity contribution is 7.10. The van der Waals surface area contributed by atoms with Crippen molar-refractivity contribution in [2.24, 2.45) is 0 Å². The summed E-state index contributed by atoms with van der Waals surface area (Å²) in [4.78, 5) is 11.2. The normalized spacial score (nSPS) is 12.5. The van der Waals surface area contributed by atoms with Gasteiger partial charge < -0.3 is 9.84 Å². The summed E-state index contributed by atoms with van der Waals surface area (Å²) < 4.78 is 17.0. The number of carbonyl (C=O) groups excluding carboxylic acids is 1. The predicted molar refractivity (Wildman–Crippen MR) is 45.9 cm³/mol. The van der Waals surface area contributed by atoms with Gasteiger partial charge in [0.25, 0.3) is 0 Å². The van der Waals surface area contributed by atoms with Crippen molar-refractivity contribution in [3.63, 3.8) is 0 Å². The summed E-state index contributed by atoms with van der Waals surface area (Å²) in [6.45, 7) is 1.84. The van der Waals surface area contributed by atoms with Crippen LogP contribution in [0.5, 0.6) is 0 Å². The average Bonchev–Trinajstić information content (AvgIpc) is 2.51. The van der Waals surface area contributed by atoms with Crippen LogP contribution in [0.2, 0.25) is 0 Å². The Balaban J connectivity index is 2.67. The van der Waals surface area contributed by atoms with Crippen LogP contribution in [-0.2, 0) is 9.53 Å². The summed E-state index contributed by atoms with van der Waals surface area (Å²) in [6, 6.07) is 1.12. The lowest BCUT2D eigenvalue weighted by atomic mass is 10.3. The number of hydrogen-bond donors (Lipinski definition) is 1. The van der Waals surface area contributed by atoms with Crippen LogP contribution < -0.4 is 0 Å². The van der Waals surface area contributed by atoms with Crippen molar-refractivity contribution in [1.82, 2.24) is 0 Å². The van der Waals surface area contributed by atoms with Crippen molar-refractivity contribution in [2.45, 2.75) is 13.0 Å². The SMILES string of the molecule is CCOC(=O)C(O)c1cc(F)cs1. The summed E-state index contributed by atoms with van der Waals surface area (Å²) in [5, 5.41) is 10.5. The molecule has 0 fully saturated rings. The van der Waals surface area contributed by atoms with Crippen LogP contribution >= 0.6 is 11.3 Å². The van der Waals surface area contributed by atoms with E-state index in [2.05, 4.69) is 4.74 Å². The molecule has 0 amide bonds. The van der Waals surface area contributed by atoms with E-state index in [0.717, 1.165) is 17.4 Å². The van der Waals surface area contributed by atoms with Gasteiger partial charge in [-0.15, -0.1) is 11.3 Å². The highest BCUT2D eigenvalue weighted by Gasteiger charge is 2.20. The van der Waals surface area contributed by atoms with Gasteiger partial charge in [0.15, 0.2) is 6.10 Å². The van der Waals surface area contributed by atoms with Crippen LogP contribution in [0, 0.1) is 5.82 Å². The van der Waals surface area contributed by atoms with Gasteiger partial charge in [0.1, 0.15) is 5.82 Å². The van der Waals surface area contributed by atoms with E-state index in [4.69, 9.17) is 0 Å². The molecule has 1 aromatic rings. The summed E-state index contributed by atoms with van der Waals surface area (Å²) in [7, 11) is 0. The van der Waals surface area contributed by atoms with Crippen molar-refractivity contribution in [1.29, 1.82) is 0 Å². The number of aliphatic hydroxyl groups excluding tert-OH is 1. The maximum Gasteiger partial charge on any atom is 0.340 e. The Morgan fingerprint density at radius 3 is 3.00 bits per heavy atom. The number of esters is 1. The van der Waals surface area contributed by atoms with E-state index in [1.54, 1.807) is 6.92 Å². The number of aliphatic hydroxyl groups is 1. The molecule has 3 nitrogen and oxygen atoms in total. The minimum absolute atomic E-state index is 0.198. The third-order valence-corrected chi connectivity index (χ3v) is 2.32. The molecule has 1 N–H and O–H groups in total. The number of thiophene rings is 1. The Morgan fingerprint density at radius 2 is 2.54 bits per heavy atom. The van der Waals surface area contributed by atoms with E-state index in [1.807, 2.05) is 0 Å². The predicted octanol–water partition coefficient (Wildman–Crippen LogP) is 1.48. The molecular weight excluding hydrogens is 195 g/mol. The Morgan fingerprint density at radius 1 is 1.85 bits per heavy atom. The number of rotatable bonds is 3. The monoisotopic (exact) mass is 204 g/mol. The van der Waals surface area contributed by atoms with Crippen molar-refractivity contribution >= 4 is 17.3 Å². The summed E-state index contributed by atoms with van der Waals surface area (Å²) in [5.74, 6) is -1.20. The van der Waals surface area contributed by atoms with Crippen LogP contribution in [0.3, 0.4) is 0 Å². The van der Waals surface area contributed by atoms with Crippen molar-refractivity contribution in [3.8, 4) is 0 Å². The summed E-state index contributed by atoms with van der Waals surface area (Å²) in [5.41, 5.74) is 0. The molecule has 0 aliphatic heterocycles. The van der Waals surface area contributed by atoms with E-state index in [1.165, 1.54) is 5.38 Å². The molecule has 72 valence electrons. The Hall–Kier alpha value is -0.940. The molecule has 1 aromatic heterocycles. The lowest BCUT2D eigenvalue weighted by molar-refractivity contribution is -0.153. The number of ether oxygens (including phenoxy) is 1. The first kappa shape index (κ1) is 10.1. The van der Waals surface area contributed by atoms with E-state index in [-0.39, 0.29) is 11.5 Å². The second-order valence-electron chi connectivity index (χ2n) is 2.32. The van der Waals surface area contributed by atoms with Crippen LogP contribution in [0.25, 0.3) is 0 Å². The van der Waals surface area contributed by atoms with E-state index in [9.17, 15) is 14.3 Å². The van der Waals surface area contributed by atoms with E-state index < -0.39 is 17.9 Å². The van der Waals surface area contributed by atoms with Gasteiger partial charge in [-0.1, -0.05) is 0 Å². The minimum atomic E-state index is -1.37. The molecule has 1 heterocycles. The second kappa shape index (κ2) is 4.34. The van der Waals surface area contributed by atoms with Crippen LogP contribution in [0.15, 0.2) is 11.4 Å². The maximum absolute atomic E-state index is 12.5. The van der Waals surface area contributed by atoms with E-state index in [0.29, 0.717) is 0 Å². The third kappa shape index (κ3) is 2.50. The molecule has 13 heavy (non-hydrogen) atoms. The lowest BCUT2D eigenvalue weighted by Gasteiger charge is -2.06. The topological polar surface area (TPSA) is 46.5 Å². The molecule has 0 bridgehead atoms. The Bertz CT molecular complexity index is 297. The highest BCUT2D eigenvalue weighted by atomic mass is 32.1. The molecule has 0 aromatic carbocycles. The Kier molecular flexibility index (Phi) is 3.39. The number of hydrogen-bond acceptors (Lipinski definition) is 4. The fourth-order valence-corrected chi connectivity index (χ4v) is 1.53. The molecule has 1 unspecified atom stereocenters. The third-order valence-electron chi connectivity index (χ3n) is 1.37. The first-order valence-corrected chi connectivity index (χ1v) is 4.61. The zero-order valence-corrected chi connectivity index (χ0v) is 7.81. The smallest absolute Gasteiger partial charge is 0.340 e. The molecule has 1 atom stereocenters. The molecule has 0 radical (unpaired) electrons. The number of carbonyl (C=O) groups is 1. The Labute approximate surface area is 78.8 Å². The van der Waals surface area contributed by atoms with Crippen LogP contribution in [0.4, 0.5) is 4.39 Å². The molecule has 0 spiro atoms. The van der Waals surface area contributed by atoms with Crippen molar-refractivity contribution < 1.29 is 19.0 Å². The molecule has 0 aliphatic carbocycles. The van der Waals surface area contributed by atoms with Gasteiger partial charge in [-0.05, 0) is 13.0 Å². The lowest BCUT2D eigenvalue weighted by Crippen LogP contribution is -2.14. The fourth-order valence-electron chi connectivity index (χ4n) is 0.809. The molecule has 5 heteroatoms. The van der Waals surface area contributed by atoms with Gasteiger partial charge in [0, 0.05) is 10.3 Å². The van der Waals surface area contributed by atoms with Gasteiger partial charge in [-0.3, -0.25) is 0 Å². The first-order valence-electron chi connectivity index (χ1n) is 3.73. The first-order chi connectivity index (χ1) is 6.15. The van der Waals surface area contributed by atoms with Gasteiger partial charge in [-0.25, -0.2) is 9.18 Å². The van der Waals surface area contributed by atoms with Crippen LogP contribution in [0.1, 0.15) is 17.9 Å². The highest BCUT2D eigenvalue weighted by Crippen LogP contribution is 2.22. The van der Waals surface area contributed by atoms with Crippen molar-refractivity contribution in [2.75, 3.05) is 6.61 Å². The summed E-state index contributed by atoms with van der Waals surface area (Å²) >= 11 is 0.986.